The molecule has 22 heavy (non-hydrogen) atoms. The van der Waals surface area contributed by atoms with Crippen molar-refractivity contribution in [3.8, 4) is 5.75 Å². The minimum Gasteiger partial charge on any atom is -0.487 e. The third-order valence-corrected chi connectivity index (χ3v) is 2.48. The largest absolute Gasteiger partial charge is 0.487 e. The van der Waals surface area contributed by atoms with Crippen molar-refractivity contribution >= 4 is 5.69 Å². The van der Waals surface area contributed by atoms with Gasteiger partial charge in [-0.2, -0.15) is 26.3 Å². The molecule has 1 heterocycles. The number of aromatic nitrogens is 1. The second kappa shape index (κ2) is 5.57. The average Bonchev–Trinajstić information content (AvgIpc) is 2.35. The van der Waals surface area contributed by atoms with Crippen molar-refractivity contribution in [2.45, 2.75) is 24.9 Å². The zero-order valence-corrected chi connectivity index (χ0v) is 10.6. The van der Waals surface area contributed by atoms with E-state index in [4.69, 9.17) is 0 Å². The molecule has 0 unspecified atom stereocenters. The van der Waals surface area contributed by atoms with Gasteiger partial charge in [0.15, 0.2) is 0 Å². The van der Waals surface area contributed by atoms with Gasteiger partial charge < -0.3 is 4.74 Å². The Kier molecular flexibility index (Phi) is 4.54. The van der Waals surface area contributed by atoms with Gasteiger partial charge in [-0.15, -0.1) is 0 Å². The molecule has 1 aromatic rings. The van der Waals surface area contributed by atoms with E-state index in [0.29, 0.717) is 0 Å². The number of pyridine rings is 1. The van der Waals surface area contributed by atoms with Crippen LogP contribution in [0.3, 0.4) is 0 Å². The second-order valence-electron chi connectivity index (χ2n) is 3.88. The summed E-state index contributed by atoms with van der Waals surface area (Å²) >= 11 is 0. The van der Waals surface area contributed by atoms with Crippen LogP contribution in [0.5, 0.6) is 5.75 Å². The summed E-state index contributed by atoms with van der Waals surface area (Å²) in [6.45, 7) is 0.974. The topological polar surface area (TPSA) is 65.3 Å². The lowest BCUT2D eigenvalue weighted by Crippen LogP contribution is -2.50. The number of rotatable bonds is 4. The summed E-state index contributed by atoms with van der Waals surface area (Å²) in [4.78, 5) is 12.1. The second-order valence-corrected chi connectivity index (χ2v) is 3.88. The molecule has 0 spiro atoms. The first-order valence-electron chi connectivity index (χ1n) is 5.46. The first-order valence-corrected chi connectivity index (χ1v) is 5.46. The Labute approximate surface area is 117 Å². The Morgan fingerprint density at radius 2 is 1.68 bits per heavy atom. The Bertz CT molecular complexity index is 557. The summed E-state index contributed by atoms with van der Waals surface area (Å²) < 4.78 is 93.6. The Morgan fingerprint density at radius 3 is 2.05 bits per heavy atom. The molecule has 0 aliphatic rings. The van der Waals surface area contributed by atoms with Crippen molar-refractivity contribution in [1.82, 2.24) is 4.98 Å². The quantitative estimate of drug-likeness (QED) is 0.478. The molecule has 124 valence electrons. The van der Waals surface area contributed by atoms with Crippen molar-refractivity contribution in [3.05, 3.63) is 28.1 Å². The van der Waals surface area contributed by atoms with Crippen LogP contribution in [0.2, 0.25) is 0 Å². The van der Waals surface area contributed by atoms with E-state index in [1.165, 1.54) is 6.92 Å². The molecule has 0 saturated carbocycles. The number of nitrogens with zero attached hydrogens (tertiary/aromatic N) is 2. The fourth-order valence-corrected chi connectivity index (χ4v) is 1.48. The van der Waals surface area contributed by atoms with E-state index >= 15 is 0 Å². The van der Waals surface area contributed by atoms with Crippen LogP contribution in [0.15, 0.2) is 12.3 Å². The van der Waals surface area contributed by atoms with Crippen LogP contribution in [0.1, 0.15) is 12.6 Å². The van der Waals surface area contributed by atoms with E-state index in [9.17, 15) is 40.8 Å². The maximum Gasteiger partial charge on any atom is 0.437 e. The molecular formula is C10H7F7N2O3. The fourth-order valence-electron chi connectivity index (χ4n) is 1.48. The fraction of sp³-hybridized carbons (Fsp3) is 0.500. The number of hydrogen-bond donors (Lipinski definition) is 0. The molecule has 1 aromatic heterocycles. The Hall–Kier alpha value is -2.14. The van der Waals surface area contributed by atoms with E-state index in [0.717, 1.165) is 0 Å². The van der Waals surface area contributed by atoms with Gasteiger partial charge in [-0.05, 0) is 6.92 Å². The van der Waals surface area contributed by atoms with Gasteiger partial charge in [0, 0.05) is 6.07 Å². The first kappa shape index (κ1) is 17.9. The van der Waals surface area contributed by atoms with Gasteiger partial charge >= 0.3 is 23.7 Å². The highest BCUT2D eigenvalue weighted by molar-refractivity contribution is 5.46. The predicted molar refractivity (Wildman–Crippen MR) is 57.0 cm³/mol. The van der Waals surface area contributed by atoms with E-state index in [2.05, 4.69) is 9.72 Å². The lowest BCUT2D eigenvalue weighted by Gasteiger charge is -2.29. The minimum absolute atomic E-state index is 0.0755. The molecule has 0 aliphatic carbocycles. The van der Waals surface area contributed by atoms with Gasteiger partial charge in [0.2, 0.25) is 5.75 Å². The van der Waals surface area contributed by atoms with Crippen molar-refractivity contribution in [2.75, 3.05) is 6.61 Å². The van der Waals surface area contributed by atoms with E-state index < -0.39 is 40.1 Å². The maximum absolute atomic E-state index is 13.8. The summed E-state index contributed by atoms with van der Waals surface area (Å²) in [5, 5.41) is 10.6. The monoisotopic (exact) mass is 336 g/mol. The minimum atomic E-state index is -6.36. The molecule has 0 aliphatic heterocycles. The van der Waals surface area contributed by atoms with Gasteiger partial charge in [-0.3, -0.25) is 10.1 Å². The van der Waals surface area contributed by atoms with Crippen molar-refractivity contribution in [3.63, 3.8) is 0 Å². The standard InChI is InChI=1S/C10H7F7N2O3/c1-2-22-6-3-7(18-4-5(6)19(20)21)8(11,9(12,13)14)10(15,16)17/h3-4H,2H2,1H3. The summed E-state index contributed by atoms with van der Waals surface area (Å²) in [6.07, 6.45) is -12.7. The van der Waals surface area contributed by atoms with Gasteiger partial charge in [0.25, 0.3) is 0 Å². The number of alkyl halides is 7. The molecule has 0 N–H and O–H groups in total. The third-order valence-electron chi connectivity index (χ3n) is 2.48. The van der Waals surface area contributed by atoms with Crippen LogP contribution in [0, 0.1) is 10.1 Å². The molecule has 0 saturated heterocycles. The molecule has 0 atom stereocenters. The molecule has 0 aromatic carbocycles. The SMILES string of the molecule is CCOc1cc(C(F)(C(F)(F)F)C(F)(F)F)ncc1[N+](=O)[O-]. The molecule has 0 fully saturated rings. The van der Waals surface area contributed by atoms with E-state index in [1.807, 2.05) is 0 Å². The summed E-state index contributed by atoms with van der Waals surface area (Å²) in [7, 11) is 0. The Morgan fingerprint density at radius 1 is 1.18 bits per heavy atom. The maximum atomic E-state index is 13.8. The number of nitro groups is 1. The van der Waals surface area contributed by atoms with Crippen LogP contribution in [-0.2, 0) is 5.67 Å². The van der Waals surface area contributed by atoms with Crippen molar-refractivity contribution in [1.29, 1.82) is 0 Å². The molecule has 0 amide bonds. The van der Waals surface area contributed by atoms with Crippen LogP contribution < -0.4 is 4.74 Å². The van der Waals surface area contributed by atoms with Gasteiger partial charge in [0.05, 0.1) is 11.5 Å². The normalized spacial score (nSPS) is 13.1. The molecule has 1 rings (SSSR count). The molecule has 0 bridgehead atoms. The van der Waals surface area contributed by atoms with E-state index in [-0.39, 0.29) is 18.9 Å². The summed E-state index contributed by atoms with van der Waals surface area (Å²) in [5.74, 6) is -0.951. The molecule has 0 radical (unpaired) electrons. The third kappa shape index (κ3) is 2.90. The van der Waals surface area contributed by atoms with Gasteiger partial charge in [0.1, 0.15) is 11.9 Å². The lowest BCUT2D eigenvalue weighted by atomic mass is 9.99. The average molecular weight is 336 g/mol. The smallest absolute Gasteiger partial charge is 0.437 e. The highest BCUT2D eigenvalue weighted by Crippen LogP contribution is 2.53. The number of hydrogen-bond acceptors (Lipinski definition) is 4. The highest BCUT2D eigenvalue weighted by Gasteiger charge is 2.74. The van der Waals surface area contributed by atoms with Crippen LogP contribution >= 0.6 is 0 Å². The lowest BCUT2D eigenvalue weighted by molar-refractivity contribution is -0.386. The van der Waals surface area contributed by atoms with Gasteiger partial charge in [-0.25, -0.2) is 9.37 Å². The van der Waals surface area contributed by atoms with Crippen molar-refractivity contribution < 1.29 is 40.4 Å². The number of halogens is 7. The van der Waals surface area contributed by atoms with Crippen LogP contribution in [-0.4, -0.2) is 28.9 Å². The van der Waals surface area contributed by atoms with Crippen LogP contribution in [0.4, 0.5) is 36.4 Å². The Balaban J connectivity index is 3.59. The predicted octanol–water partition coefficient (Wildman–Crippen LogP) is 3.68. The molecule has 12 heteroatoms. The summed E-state index contributed by atoms with van der Waals surface area (Å²) in [6, 6.07) is -0.0807. The van der Waals surface area contributed by atoms with Crippen molar-refractivity contribution in [2.24, 2.45) is 0 Å². The van der Waals surface area contributed by atoms with E-state index in [1.54, 1.807) is 0 Å². The summed E-state index contributed by atoms with van der Waals surface area (Å²) in [5.41, 5.74) is -8.86. The first-order chi connectivity index (χ1) is 9.86. The zero-order valence-electron chi connectivity index (χ0n) is 10.6. The molecular weight excluding hydrogens is 329 g/mol. The zero-order chi connectivity index (χ0) is 17.3. The highest BCUT2D eigenvalue weighted by atomic mass is 19.4. The number of ether oxygens (including phenoxy) is 1. The molecule has 5 nitrogen and oxygen atoms in total. The van der Waals surface area contributed by atoms with Gasteiger partial charge in [-0.1, -0.05) is 0 Å². The van der Waals surface area contributed by atoms with Crippen LogP contribution in [0.25, 0.3) is 0 Å².